The van der Waals surface area contributed by atoms with Crippen LogP contribution in [0.3, 0.4) is 0 Å². The number of aliphatic carboxylic acids is 1. The summed E-state index contributed by atoms with van der Waals surface area (Å²) in [5.41, 5.74) is 2.34. The molecule has 1 aromatic rings. The molecular weight excluding hydrogens is 256 g/mol. The highest BCUT2D eigenvalue weighted by atomic mass is 16.4. The van der Waals surface area contributed by atoms with Crippen LogP contribution < -0.4 is 10.6 Å². The number of nitrogens with one attached hydrogen (secondary N) is 2. The molecule has 1 amide bonds. The minimum absolute atomic E-state index is 0.236. The maximum atomic E-state index is 12.2. The zero-order valence-electron chi connectivity index (χ0n) is 11.6. The molecule has 20 heavy (non-hydrogen) atoms. The number of carbonyl (C=O) groups is 2. The molecule has 0 saturated carbocycles. The Kier molecular flexibility index (Phi) is 4.74. The maximum absolute atomic E-state index is 12.2. The summed E-state index contributed by atoms with van der Waals surface area (Å²) in [6.07, 6.45) is 1.77. The molecule has 0 radical (unpaired) electrons. The third-order valence-electron chi connectivity index (χ3n) is 3.59. The standard InChI is InChI=1S/C15H20N2O3/c1-2-5-12(15(19)20)17-14(18)13-8-10-6-3-4-7-11(10)9-16-13/h3-4,6-7,12-13,16H,2,5,8-9H2,1H3,(H,17,18)(H,19,20)/t12?,13-/m1/s1. The minimum atomic E-state index is -0.976. The largest absolute Gasteiger partial charge is 0.480 e. The number of fused-ring (bicyclic) bond motifs is 1. The van der Waals surface area contributed by atoms with E-state index in [-0.39, 0.29) is 11.9 Å². The van der Waals surface area contributed by atoms with Gasteiger partial charge in [0.15, 0.2) is 0 Å². The molecule has 5 nitrogen and oxygen atoms in total. The molecule has 1 aliphatic heterocycles. The molecule has 5 heteroatoms. The van der Waals surface area contributed by atoms with E-state index in [1.165, 1.54) is 5.56 Å². The second kappa shape index (κ2) is 6.52. The number of rotatable bonds is 5. The van der Waals surface area contributed by atoms with Crippen LogP contribution in [0.4, 0.5) is 0 Å². The molecule has 0 bridgehead atoms. The van der Waals surface area contributed by atoms with Crippen molar-refractivity contribution in [2.75, 3.05) is 0 Å². The molecule has 108 valence electrons. The van der Waals surface area contributed by atoms with E-state index in [2.05, 4.69) is 10.6 Å². The SMILES string of the molecule is CCCC(NC(=O)[C@H]1Cc2ccccc2CN1)C(=O)O. The molecular formula is C15H20N2O3. The third kappa shape index (κ3) is 3.36. The van der Waals surface area contributed by atoms with E-state index in [9.17, 15) is 9.59 Å². The summed E-state index contributed by atoms with van der Waals surface area (Å²) < 4.78 is 0. The molecule has 0 aliphatic carbocycles. The lowest BCUT2D eigenvalue weighted by Gasteiger charge is -2.26. The molecule has 0 fully saturated rings. The summed E-state index contributed by atoms with van der Waals surface area (Å²) in [5.74, 6) is -1.21. The zero-order valence-corrected chi connectivity index (χ0v) is 11.6. The molecule has 0 saturated heterocycles. The van der Waals surface area contributed by atoms with Crippen molar-refractivity contribution in [1.29, 1.82) is 0 Å². The number of carboxylic acid groups (broad SMARTS) is 1. The second-order valence-electron chi connectivity index (χ2n) is 5.09. The normalized spacial score (nSPS) is 18.9. The van der Waals surface area contributed by atoms with Crippen LogP contribution in [0.5, 0.6) is 0 Å². The Morgan fingerprint density at radius 2 is 2.10 bits per heavy atom. The van der Waals surface area contributed by atoms with Crippen molar-refractivity contribution in [3.8, 4) is 0 Å². The predicted octanol–water partition coefficient (Wildman–Crippen LogP) is 1.07. The molecule has 0 spiro atoms. The van der Waals surface area contributed by atoms with Crippen LogP contribution in [0.15, 0.2) is 24.3 Å². The van der Waals surface area contributed by atoms with E-state index in [1.54, 1.807) is 0 Å². The van der Waals surface area contributed by atoms with Gasteiger partial charge in [-0.05, 0) is 24.0 Å². The van der Waals surface area contributed by atoms with Crippen molar-refractivity contribution >= 4 is 11.9 Å². The van der Waals surface area contributed by atoms with Gasteiger partial charge in [-0.3, -0.25) is 4.79 Å². The van der Waals surface area contributed by atoms with Crippen molar-refractivity contribution < 1.29 is 14.7 Å². The molecule has 1 heterocycles. The topological polar surface area (TPSA) is 78.4 Å². The van der Waals surface area contributed by atoms with E-state index in [1.807, 2.05) is 31.2 Å². The first-order chi connectivity index (χ1) is 9.61. The van der Waals surface area contributed by atoms with Crippen LogP contribution in [0.2, 0.25) is 0 Å². The Hall–Kier alpha value is -1.88. The zero-order chi connectivity index (χ0) is 14.5. The van der Waals surface area contributed by atoms with Crippen LogP contribution in [0.25, 0.3) is 0 Å². The second-order valence-corrected chi connectivity index (χ2v) is 5.09. The number of hydrogen-bond acceptors (Lipinski definition) is 3. The average Bonchev–Trinajstić information content (AvgIpc) is 2.46. The van der Waals surface area contributed by atoms with Gasteiger partial charge in [-0.1, -0.05) is 37.6 Å². The van der Waals surface area contributed by atoms with Crippen LogP contribution in [-0.2, 0) is 22.6 Å². The molecule has 1 aliphatic rings. The van der Waals surface area contributed by atoms with Gasteiger partial charge in [0.05, 0.1) is 6.04 Å². The van der Waals surface area contributed by atoms with Gasteiger partial charge >= 0.3 is 5.97 Å². The van der Waals surface area contributed by atoms with E-state index in [0.717, 1.165) is 12.0 Å². The molecule has 1 unspecified atom stereocenters. The Balaban J connectivity index is 1.99. The first-order valence-corrected chi connectivity index (χ1v) is 6.95. The maximum Gasteiger partial charge on any atom is 0.326 e. The summed E-state index contributed by atoms with van der Waals surface area (Å²) in [5, 5.41) is 14.8. The Labute approximate surface area is 118 Å². The number of hydrogen-bond donors (Lipinski definition) is 3. The molecule has 0 aromatic heterocycles. The smallest absolute Gasteiger partial charge is 0.326 e. The van der Waals surface area contributed by atoms with Crippen LogP contribution in [-0.4, -0.2) is 29.1 Å². The summed E-state index contributed by atoms with van der Waals surface area (Å²) in [6, 6.07) is 6.82. The fraction of sp³-hybridized carbons (Fsp3) is 0.467. The van der Waals surface area contributed by atoms with E-state index in [0.29, 0.717) is 19.4 Å². The average molecular weight is 276 g/mol. The van der Waals surface area contributed by atoms with Gasteiger partial charge in [0.1, 0.15) is 6.04 Å². The lowest BCUT2D eigenvalue weighted by Crippen LogP contribution is -2.52. The number of benzene rings is 1. The van der Waals surface area contributed by atoms with E-state index >= 15 is 0 Å². The Morgan fingerprint density at radius 3 is 2.75 bits per heavy atom. The van der Waals surface area contributed by atoms with Crippen LogP contribution in [0.1, 0.15) is 30.9 Å². The van der Waals surface area contributed by atoms with Crippen LogP contribution >= 0.6 is 0 Å². The van der Waals surface area contributed by atoms with Crippen molar-refractivity contribution in [2.24, 2.45) is 0 Å². The van der Waals surface area contributed by atoms with Crippen LogP contribution in [0, 0.1) is 0 Å². The molecule has 2 atom stereocenters. The fourth-order valence-corrected chi connectivity index (χ4v) is 2.46. The molecule has 3 N–H and O–H groups in total. The van der Waals surface area contributed by atoms with E-state index in [4.69, 9.17) is 5.11 Å². The Morgan fingerprint density at radius 1 is 1.40 bits per heavy atom. The summed E-state index contributed by atoms with van der Waals surface area (Å²) in [6.45, 7) is 2.54. The number of carbonyl (C=O) groups excluding carboxylic acids is 1. The van der Waals surface area contributed by atoms with Gasteiger partial charge in [-0.25, -0.2) is 4.79 Å². The van der Waals surface area contributed by atoms with Gasteiger partial charge in [-0.2, -0.15) is 0 Å². The number of amides is 1. The molecule has 1 aromatic carbocycles. The lowest BCUT2D eigenvalue weighted by molar-refractivity contribution is -0.142. The highest BCUT2D eigenvalue weighted by Gasteiger charge is 2.27. The number of carboxylic acids is 1. The minimum Gasteiger partial charge on any atom is -0.480 e. The van der Waals surface area contributed by atoms with Gasteiger partial charge < -0.3 is 15.7 Å². The summed E-state index contributed by atoms with van der Waals surface area (Å²) >= 11 is 0. The third-order valence-corrected chi connectivity index (χ3v) is 3.59. The van der Waals surface area contributed by atoms with Crippen molar-refractivity contribution in [1.82, 2.24) is 10.6 Å². The van der Waals surface area contributed by atoms with Crippen molar-refractivity contribution in [3.05, 3.63) is 35.4 Å². The van der Waals surface area contributed by atoms with Gasteiger partial charge in [-0.15, -0.1) is 0 Å². The monoisotopic (exact) mass is 276 g/mol. The predicted molar refractivity (Wildman–Crippen MR) is 75.2 cm³/mol. The van der Waals surface area contributed by atoms with Crippen molar-refractivity contribution in [2.45, 2.75) is 44.8 Å². The van der Waals surface area contributed by atoms with Gasteiger partial charge in [0, 0.05) is 6.54 Å². The van der Waals surface area contributed by atoms with Gasteiger partial charge in [0.2, 0.25) is 5.91 Å². The lowest BCUT2D eigenvalue weighted by atomic mass is 9.95. The highest BCUT2D eigenvalue weighted by Crippen LogP contribution is 2.16. The Bertz CT molecular complexity index is 502. The van der Waals surface area contributed by atoms with Gasteiger partial charge in [0.25, 0.3) is 0 Å². The quantitative estimate of drug-likeness (QED) is 0.751. The highest BCUT2D eigenvalue weighted by molar-refractivity contribution is 5.87. The fourth-order valence-electron chi connectivity index (χ4n) is 2.46. The first kappa shape index (κ1) is 14.5. The van der Waals surface area contributed by atoms with Crippen molar-refractivity contribution in [3.63, 3.8) is 0 Å². The first-order valence-electron chi connectivity index (χ1n) is 6.95. The van der Waals surface area contributed by atoms with E-state index < -0.39 is 12.0 Å². The molecule has 2 rings (SSSR count). The summed E-state index contributed by atoms with van der Waals surface area (Å²) in [4.78, 5) is 23.2. The summed E-state index contributed by atoms with van der Waals surface area (Å²) in [7, 11) is 0.